The van der Waals surface area contributed by atoms with E-state index in [0.717, 1.165) is 4.47 Å². The Hall–Kier alpha value is -2.87. The smallest absolute Gasteiger partial charge is 0.258 e. The van der Waals surface area contributed by atoms with Gasteiger partial charge in [0, 0.05) is 4.47 Å². The molecule has 0 spiro atoms. The summed E-state index contributed by atoms with van der Waals surface area (Å²) in [5, 5.41) is 5.09. The third-order valence-electron chi connectivity index (χ3n) is 3.11. The van der Waals surface area contributed by atoms with Crippen molar-refractivity contribution in [2.24, 2.45) is 5.73 Å². The third-order valence-corrected chi connectivity index (χ3v) is 3.80. The molecule has 0 unspecified atom stereocenters. The van der Waals surface area contributed by atoms with Crippen LogP contribution in [0, 0.1) is 0 Å². The quantitative estimate of drug-likeness (QED) is 0.650. The highest BCUT2D eigenvalue weighted by Crippen LogP contribution is 2.20. The molecule has 0 aliphatic rings. The van der Waals surface area contributed by atoms with Crippen LogP contribution >= 0.6 is 15.9 Å². The standard InChI is InChI=1S/C17H16BrN3O4/c18-12-6-2-3-7-13(12)21-15(22)9-20-16(23)10-25-14-8-4-1-5-11(14)17(19)24/h1-8H,9-10H2,(H2,19,24)(H,20,23)(H,21,22). The zero-order valence-corrected chi connectivity index (χ0v) is 14.7. The van der Waals surface area contributed by atoms with Gasteiger partial charge in [-0.15, -0.1) is 0 Å². The molecule has 7 nitrogen and oxygen atoms in total. The summed E-state index contributed by atoms with van der Waals surface area (Å²) >= 11 is 3.31. The summed E-state index contributed by atoms with van der Waals surface area (Å²) in [4.78, 5) is 34.9. The lowest BCUT2D eigenvalue weighted by molar-refractivity contribution is -0.125. The van der Waals surface area contributed by atoms with Crippen molar-refractivity contribution in [3.8, 4) is 5.75 Å². The lowest BCUT2D eigenvalue weighted by atomic mass is 10.2. The molecular formula is C17H16BrN3O4. The number of nitrogens with one attached hydrogen (secondary N) is 2. The molecule has 2 rings (SSSR count). The zero-order valence-electron chi connectivity index (χ0n) is 13.1. The largest absolute Gasteiger partial charge is 0.483 e. The van der Waals surface area contributed by atoms with E-state index in [1.54, 1.807) is 30.3 Å². The summed E-state index contributed by atoms with van der Waals surface area (Å²) in [6.07, 6.45) is 0. The number of hydrogen-bond acceptors (Lipinski definition) is 4. The predicted molar refractivity (Wildman–Crippen MR) is 96.2 cm³/mol. The van der Waals surface area contributed by atoms with Gasteiger partial charge < -0.3 is 21.1 Å². The fraction of sp³-hybridized carbons (Fsp3) is 0.118. The second-order valence-electron chi connectivity index (χ2n) is 4.95. The summed E-state index contributed by atoms with van der Waals surface area (Å²) in [5.74, 6) is -1.31. The van der Waals surface area contributed by atoms with E-state index < -0.39 is 11.8 Å². The Bertz CT molecular complexity index is 795. The Labute approximate surface area is 152 Å². The van der Waals surface area contributed by atoms with Crippen LogP contribution < -0.4 is 21.1 Å². The number of amides is 3. The van der Waals surface area contributed by atoms with Gasteiger partial charge in [0.25, 0.3) is 11.8 Å². The molecule has 25 heavy (non-hydrogen) atoms. The predicted octanol–water partition coefficient (Wildman–Crippen LogP) is 1.68. The van der Waals surface area contributed by atoms with Crippen molar-refractivity contribution in [3.63, 3.8) is 0 Å². The number of benzene rings is 2. The maximum Gasteiger partial charge on any atom is 0.258 e. The van der Waals surface area contributed by atoms with E-state index in [1.807, 2.05) is 6.07 Å². The summed E-state index contributed by atoms with van der Waals surface area (Å²) in [7, 11) is 0. The minimum atomic E-state index is -0.649. The van der Waals surface area contributed by atoms with Crippen LogP contribution in [-0.2, 0) is 9.59 Å². The van der Waals surface area contributed by atoms with Crippen molar-refractivity contribution in [1.29, 1.82) is 0 Å². The van der Waals surface area contributed by atoms with E-state index in [9.17, 15) is 14.4 Å². The van der Waals surface area contributed by atoms with Gasteiger partial charge in [0.05, 0.1) is 17.8 Å². The molecule has 4 N–H and O–H groups in total. The minimum Gasteiger partial charge on any atom is -0.483 e. The summed E-state index contributed by atoms with van der Waals surface area (Å²) in [6, 6.07) is 13.5. The van der Waals surface area contributed by atoms with Crippen LogP contribution in [0.1, 0.15) is 10.4 Å². The normalized spacial score (nSPS) is 9.96. The maximum atomic E-state index is 11.8. The molecule has 0 radical (unpaired) electrons. The fourth-order valence-corrected chi connectivity index (χ4v) is 2.31. The van der Waals surface area contributed by atoms with E-state index in [4.69, 9.17) is 10.5 Å². The Balaban J connectivity index is 1.80. The Kier molecular flexibility index (Phi) is 6.53. The number of para-hydroxylation sites is 2. The second kappa shape index (κ2) is 8.84. The Morgan fingerprint density at radius 3 is 2.40 bits per heavy atom. The molecule has 3 amide bonds. The fourth-order valence-electron chi connectivity index (χ4n) is 1.93. The van der Waals surface area contributed by atoms with Gasteiger partial charge in [0.15, 0.2) is 6.61 Å². The second-order valence-corrected chi connectivity index (χ2v) is 5.81. The summed E-state index contributed by atoms with van der Waals surface area (Å²) in [5.41, 5.74) is 6.02. The van der Waals surface area contributed by atoms with Crippen LogP contribution in [0.25, 0.3) is 0 Å². The Morgan fingerprint density at radius 2 is 1.68 bits per heavy atom. The van der Waals surface area contributed by atoms with E-state index in [1.165, 1.54) is 12.1 Å². The minimum absolute atomic E-state index is 0.182. The monoisotopic (exact) mass is 405 g/mol. The van der Waals surface area contributed by atoms with Gasteiger partial charge in [-0.05, 0) is 40.2 Å². The SMILES string of the molecule is NC(=O)c1ccccc1OCC(=O)NCC(=O)Nc1ccccc1Br. The lowest BCUT2D eigenvalue weighted by Gasteiger charge is -2.10. The van der Waals surface area contributed by atoms with Crippen molar-refractivity contribution in [3.05, 3.63) is 58.6 Å². The van der Waals surface area contributed by atoms with E-state index in [2.05, 4.69) is 26.6 Å². The number of rotatable bonds is 7. The van der Waals surface area contributed by atoms with Gasteiger partial charge >= 0.3 is 0 Å². The first kappa shape index (κ1) is 18.5. The highest BCUT2D eigenvalue weighted by Gasteiger charge is 2.11. The van der Waals surface area contributed by atoms with Crippen LogP contribution in [0.5, 0.6) is 5.75 Å². The number of carbonyl (C=O) groups excluding carboxylic acids is 3. The van der Waals surface area contributed by atoms with Crippen LogP contribution in [0.15, 0.2) is 53.0 Å². The van der Waals surface area contributed by atoms with E-state index in [0.29, 0.717) is 5.69 Å². The zero-order chi connectivity index (χ0) is 18.2. The number of ether oxygens (including phenoxy) is 1. The van der Waals surface area contributed by atoms with Gasteiger partial charge in [0.2, 0.25) is 5.91 Å². The molecule has 0 heterocycles. The van der Waals surface area contributed by atoms with Crippen molar-refractivity contribution < 1.29 is 19.1 Å². The molecule has 0 saturated carbocycles. The molecule has 8 heteroatoms. The van der Waals surface area contributed by atoms with E-state index in [-0.39, 0.29) is 30.4 Å². The first-order chi connectivity index (χ1) is 12.0. The van der Waals surface area contributed by atoms with Crippen LogP contribution in [0.4, 0.5) is 5.69 Å². The number of carbonyl (C=O) groups is 3. The van der Waals surface area contributed by atoms with Crippen molar-refractivity contribution >= 4 is 39.3 Å². The first-order valence-electron chi connectivity index (χ1n) is 7.30. The van der Waals surface area contributed by atoms with Gasteiger partial charge in [-0.25, -0.2) is 0 Å². The lowest BCUT2D eigenvalue weighted by Crippen LogP contribution is -2.36. The highest BCUT2D eigenvalue weighted by atomic mass is 79.9. The molecule has 0 bridgehead atoms. The molecule has 130 valence electrons. The molecule has 2 aromatic carbocycles. The van der Waals surface area contributed by atoms with Crippen LogP contribution in [0.3, 0.4) is 0 Å². The molecule has 0 aromatic heterocycles. The van der Waals surface area contributed by atoms with Gasteiger partial charge in [-0.1, -0.05) is 24.3 Å². The third kappa shape index (κ3) is 5.61. The first-order valence-corrected chi connectivity index (χ1v) is 8.09. The molecule has 0 aliphatic carbocycles. The van der Waals surface area contributed by atoms with Crippen LogP contribution in [-0.4, -0.2) is 30.9 Å². The topological polar surface area (TPSA) is 111 Å². The molecule has 0 saturated heterocycles. The van der Waals surface area contributed by atoms with Crippen molar-refractivity contribution in [2.75, 3.05) is 18.5 Å². The highest BCUT2D eigenvalue weighted by molar-refractivity contribution is 9.10. The average molecular weight is 406 g/mol. The van der Waals surface area contributed by atoms with Crippen molar-refractivity contribution in [2.45, 2.75) is 0 Å². The number of primary amides is 1. The summed E-state index contributed by atoms with van der Waals surface area (Å²) < 4.78 is 6.01. The molecular weight excluding hydrogens is 390 g/mol. The van der Waals surface area contributed by atoms with E-state index >= 15 is 0 Å². The van der Waals surface area contributed by atoms with Crippen molar-refractivity contribution in [1.82, 2.24) is 5.32 Å². The number of halogens is 1. The van der Waals surface area contributed by atoms with Crippen LogP contribution in [0.2, 0.25) is 0 Å². The average Bonchev–Trinajstić information content (AvgIpc) is 2.60. The number of anilines is 1. The van der Waals surface area contributed by atoms with Gasteiger partial charge in [-0.3, -0.25) is 14.4 Å². The number of nitrogens with two attached hydrogens (primary N) is 1. The van der Waals surface area contributed by atoms with Gasteiger partial charge in [0.1, 0.15) is 5.75 Å². The Morgan fingerprint density at radius 1 is 1.00 bits per heavy atom. The summed E-state index contributed by atoms with van der Waals surface area (Å²) in [6.45, 7) is -0.548. The molecule has 0 aliphatic heterocycles. The molecule has 0 fully saturated rings. The maximum absolute atomic E-state index is 11.8. The van der Waals surface area contributed by atoms with Gasteiger partial charge in [-0.2, -0.15) is 0 Å². The number of hydrogen-bond donors (Lipinski definition) is 3. The molecule has 0 atom stereocenters. The molecule has 2 aromatic rings.